The van der Waals surface area contributed by atoms with Gasteiger partial charge in [-0.1, -0.05) is 13.8 Å². The molecule has 15 heavy (non-hydrogen) atoms. The van der Waals surface area contributed by atoms with Crippen LogP contribution in [0.1, 0.15) is 31.4 Å². The average Bonchev–Trinajstić information content (AvgIpc) is 2.60. The lowest BCUT2D eigenvalue weighted by atomic mass is 10.2. The molecule has 0 fully saturated rings. The van der Waals surface area contributed by atoms with Crippen molar-refractivity contribution in [1.82, 2.24) is 15.2 Å². The molecule has 0 bridgehead atoms. The van der Waals surface area contributed by atoms with Gasteiger partial charge in [-0.2, -0.15) is 5.10 Å². The van der Waals surface area contributed by atoms with Gasteiger partial charge in [0.1, 0.15) is 12.4 Å². The Balaban J connectivity index is 2.26. The highest BCUT2D eigenvalue weighted by Crippen LogP contribution is 2.07. The molecule has 6 heteroatoms. The van der Waals surface area contributed by atoms with E-state index < -0.39 is 13.0 Å². The van der Waals surface area contributed by atoms with Gasteiger partial charge in [0.05, 0.1) is 6.61 Å². The van der Waals surface area contributed by atoms with E-state index in [0.29, 0.717) is 12.2 Å². The van der Waals surface area contributed by atoms with E-state index in [1.165, 1.54) is 0 Å². The van der Waals surface area contributed by atoms with E-state index in [2.05, 4.69) is 15.2 Å². The molecule has 0 aliphatic rings. The molecule has 0 radical (unpaired) electrons. The third kappa shape index (κ3) is 4.33. The van der Waals surface area contributed by atoms with Crippen molar-refractivity contribution in [2.24, 2.45) is 0 Å². The molecule has 0 spiro atoms. The Kier molecular flexibility index (Phi) is 4.61. The quantitative estimate of drug-likeness (QED) is 0.741. The van der Waals surface area contributed by atoms with Crippen molar-refractivity contribution in [2.75, 3.05) is 13.2 Å². The van der Waals surface area contributed by atoms with Crippen LogP contribution >= 0.6 is 0 Å². The highest BCUT2D eigenvalue weighted by atomic mass is 19.3. The molecule has 1 aromatic heterocycles. The summed E-state index contributed by atoms with van der Waals surface area (Å²) in [6.07, 6.45) is -1.93. The molecular formula is C9H15F2N3O. The van der Waals surface area contributed by atoms with E-state index in [0.717, 1.165) is 5.82 Å². The number of H-pyrrole nitrogens is 1. The van der Waals surface area contributed by atoms with Crippen molar-refractivity contribution >= 4 is 0 Å². The van der Waals surface area contributed by atoms with E-state index in [1.54, 1.807) is 0 Å². The third-order valence-corrected chi connectivity index (χ3v) is 1.79. The molecule has 0 saturated heterocycles. The molecule has 1 N–H and O–H groups in total. The normalized spacial score (nSPS) is 11.6. The van der Waals surface area contributed by atoms with Crippen LogP contribution in [-0.4, -0.2) is 34.8 Å². The standard InChI is InChI=1S/C9H15F2N3O/c1-6(2)9-12-8(13-14-9)3-4-15-5-7(10)11/h6-7H,3-5H2,1-2H3,(H,12,13,14). The Morgan fingerprint density at radius 1 is 1.40 bits per heavy atom. The Labute approximate surface area is 87.0 Å². The number of rotatable bonds is 6. The summed E-state index contributed by atoms with van der Waals surface area (Å²) in [4.78, 5) is 4.19. The van der Waals surface area contributed by atoms with Crippen LogP contribution in [0.25, 0.3) is 0 Å². The smallest absolute Gasteiger partial charge is 0.261 e. The number of nitrogens with zero attached hydrogens (tertiary/aromatic N) is 2. The van der Waals surface area contributed by atoms with Gasteiger partial charge in [-0.15, -0.1) is 0 Å². The van der Waals surface area contributed by atoms with Gasteiger partial charge < -0.3 is 4.74 Å². The molecule has 0 aromatic carbocycles. The molecule has 86 valence electrons. The van der Waals surface area contributed by atoms with Gasteiger partial charge in [0.25, 0.3) is 6.43 Å². The van der Waals surface area contributed by atoms with Crippen molar-refractivity contribution in [3.8, 4) is 0 Å². The van der Waals surface area contributed by atoms with Crippen molar-refractivity contribution in [3.63, 3.8) is 0 Å². The lowest BCUT2D eigenvalue weighted by Gasteiger charge is -2.00. The second kappa shape index (κ2) is 5.75. The maximum Gasteiger partial charge on any atom is 0.261 e. The van der Waals surface area contributed by atoms with Gasteiger partial charge in [0, 0.05) is 12.3 Å². The zero-order chi connectivity index (χ0) is 11.3. The topological polar surface area (TPSA) is 50.8 Å². The van der Waals surface area contributed by atoms with E-state index in [9.17, 15) is 8.78 Å². The Bertz CT molecular complexity index is 289. The van der Waals surface area contributed by atoms with Gasteiger partial charge in [-0.05, 0) is 0 Å². The fourth-order valence-electron chi connectivity index (χ4n) is 1.02. The lowest BCUT2D eigenvalue weighted by Crippen LogP contribution is -2.07. The minimum absolute atomic E-state index is 0.233. The molecule has 0 aliphatic heterocycles. The van der Waals surface area contributed by atoms with E-state index in [4.69, 9.17) is 4.74 Å². The van der Waals surface area contributed by atoms with Gasteiger partial charge in [0.15, 0.2) is 5.82 Å². The molecule has 0 amide bonds. The number of nitrogens with one attached hydrogen (secondary N) is 1. The highest BCUT2D eigenvalue weighted by molar-refractivity contribution is 4.94. The van der Waals surface area contributed by atoms with Crippen LogP contribution < -0.4 is 0 Å². The fourth-order valence-corrected chi connectivity index (χ4v) is 1.02. The highest BCUT2D eigenvalue weighted by Gasteiger charge is 2.07. The number of aromatic amines is 1. The van der Waals surface area contributed by atoms with Crippen LogP contribution in [0, 0.1) is 0 Å². The Hall–Kier alpha value is -1.04. The van der Waals surface area contributed by atoms with Crippen molar-refractivity contribution in [2.45, 2.75) is 32.6 Å². The molecular weight excluding hydrogens is 204 g/mol. The summed E-state index contributed by atoms with van der Waals surface area (Å²) in [6, 6.07) is 0. The second-order valence-electron chi connectivity index (χ2n) is 3.51. The van der Waals surface area contributed by atoms with E-state index in [1.807, 2.05) is 13.8 Å². The second-order valence-corrected chi connectivity index (χ2v) is 3.51. The monoisotopic (exact) mass is 219 g/mol. The fraction of sp³-hybridized carbons (Fsp3) is 0.778. The van der Waals surface area contributed by atoms with Crippen LogP contribution in [0.4, 0.5) is 8.78 Å². The minimum Gasteiger partial charge on any atom is -0.375 e. The van der Waals surface area contributed by atoms with Crippen LogP contribution in [-0.2, 0) is 11.2 Å². The summed E-state index contributed by atoms with van der Waals surface area (Å²) >= 11 is 0. The van der Waals surface area contributed by atoms with Crippen LogP contribution in [0.2, 0.25) is 0 Å². The van der Waals surface area contributed by atoms with Gasteiger partial charge in [-0.25, -0.2) is 13.8 Å². The van der Waals surface area contributed by atoms with Crippen LogP contribution in [0.5, 0.6) is 0 Å². The van der Waals surface area contributed by atoms with Crippen molar-refractivity contribution in [1.29, 1.82) is 0 Å². The maximum atomic E-state index is 11.7. The van der Waals surface area contributed by atoms with Crippen LogP contribution in [0.15, 0.2) is 0 Å². The Morgan fingerprint density at radius 2 is 2.13 bits per heavy atom. The molecule has 0 atom stereocenters. The first-order valence-electron chi connectivity index (χ1n) is 4.86. The SMILES string of the molecule is CC(C)c1n[nH]c(CCOCC(F)F)n1. The first-order chi connectivity index (χ1) is 7.09. The molecule has 4 nitrogen and oxygen atoms in total. The third-order valence-electron chi connectivity index (χ3n) is 1.79. The van der Waals surface area contributed by atoms with E-state index in [-0.39, 0.29) is 12.5 Å². The predicted octanol–water partition coefficient (Wildman–Crippen LogP) is 1.75. The van der Waals surface area contributed by atoms with E-state index >= 15 is 0 Å². The lowest BCUT2D eigenvalue weighted by molar-refractivity contribution is 0.0183. The minimum atomic E-state index is -2.41. The largest absolute Gasteiger partial charge is 0.375 e. The average molecular weight is 219 g/mol. The number of hydrogen-bond donors (Lipinski definition) is 1. The summed E-state index contributed by atoms with van der Waals surface area (Å²) in [5, 5.41) is 6.74. The first kappa shape index (κ1) is 12.0. The molecule has 1 heterocycles. The molecule has 0 aliphatic carbocycles. The number of alkyl halides is 2. The number of halogens is 2. The van der Waals surface area contributed by atoms with Crippen molar-refractivity contribution in [3.05, 3.63) is 11.6 Å². The number of aromatic nitrogens is 3. The molecule has 1 rings (SSSR count). The first-order valence-corrected chi connectivity index (χ1v) is 4.86. The molecule has 0 unspecified atom stereocenters. The summed E-state index contributed by atoms with van der Waals surface area (Å²) in [6.45, 7) is 3.68. The van der Waals surface area contributed by atoms with Gasteiger partial charge >= 0.3 is 0 Å². The summed E-state index contributed by atoms with van der Waals surface area (Å²) < 4.78 is 28.2. The Morgan fingerprint density at radius 3 is 2.67 bits per heavy atom. The maximum absolute atomic E-state index is 11.7. The zero-order valence-corrected chi connectivity index (χ0v) is 8.83. The molecule has 0 saturated carbocycles. The van der Waals surface area contributed by atoms with Crippen molar-refractivity contribution < 1.29 is 13.5 Å². The van der Waals surface area contributed by atoms with Gasteiger partial charge in [0.2, 0.25) is 0 Å². The summed E-state index contributed by atoms with van der Waals surface area (Å²) in [7, 11) is 0. The molecule has 1 aromatic rings. The summed E-state index contributed by atoms with van der Waals surface area (Å²) in [5.74, 6) is 1.67. The zero-order valence-electron chi connectivity index (χ0n) is 8.83. The number of hydrogen-bond acceptors (Lipinski definition) is 3. The predicted molar refractivity (Wildman–Crippen MR) is 51.0 cm³/mol. The number of ether oxygens (including phenoxy) is 1. The van der Waals surface area contributed by atoms with Gasteiger partial charge in [-0.3, -0.25) is 5.10 Å². The van der Waals surface area contributed by atoms with Crippen LogP contribution in [0.3, 0.4) is 0 Å². The summed E-state index contributed by atoms with van der Waals surface area (Å²) in [5.41, 5.74) is 0.